The third-order valence-corrected chi connectivity index (χ3v) is 15.3. The third-order valence-electron chi connectivity index (χ3n) is 13.8. The summed E-state index contributed by atoms with van der Waals surface area (Å²) in [4.78, 5) is 4.91. The molecule has 2 nitrogen and oxygen atoms in total. The van der Waals surface area contributed by atoms with E-state index >= 15 is 0 Å². The Morgan fingerprint density at radius 3 is 1.89 bits per heavy atom. The van der Waals surface area contributed by atoms with Crippen molar-refractivity contribution >= 4 is 62.4 Å². The fourth-order valence-corrected chi connectivity index (χ4v) is 12.9. The number of furan rings is 1. The lowest BCUT2D eigenvalue weighted by atomic mass is 9.67. The van der Waals surface area contributed by atoms with Crippen molar-refractivity contribution in [2.75, 3.05) is 4.90 Å². The molecule has 1 aliphatic heterocycles. The first-order valence-electron chi connectivity index (χ1n) is 21.3. The largest absolute Gasteiger partial charge is 0.455 e. The van der Waals surface area contributed by atoms with Gasteiger partial charge in [-0.25, -0.2) is 0 Å². The van der Waals surface area contributed by atoms with E-state index in [1.165, 1.54) is 55.0 Å². The summed E-state index contributed by atoms with van der Waals surface area (Å²) in [5.74, 6) is 0. The SMILES string of the molecule is CC1(C)c2ccccc2-c2c(N(c3cc(-c4ccccc4)c4oc5ccccc5c4c3)c3cccc4c3Sc3cccc(Cl)c3C43c4ccccc4-c4ccccc43)cccc21. The highest BCUT2D eigenvalue weighted by Crippen LogP contribution is 2.66. The number of hydrogen-bond donors (Lipinski definition) is 0. The van der Waals surface area contributed by atoms with E-state index in [1.54, 1.807) is 0 Å². The monoisotopic (exact) mass is 831 g/mol. The summed E-state index contributed by atoms with van der Waals surface area (Å²) < 4.78 is 6.77. The molecule has 0 bridgehead atoms. The van der Waals surface area contributed by atoms with E-state index in [2.05, 4.69) is 213 Å². The van der Waals surface area contributed by atoms with Gasteiger partial charge in [-0.05, 0) is 92.5 Å². The van der Waals surface area contributed by atoms with Gasteiger partial charge in [0.15, 0.2) is 0 Å². The Hall–Kier alpha value is -6.78. The van der Waals surface area contributed by atoms with Crippen LogP contribution < -0.4 is 4.90 Å². The van der Waals surface area contributed by atoms with Gasteiger partial charge in [-0.15, -0.1) is 0 Å². The highest BCUT2D eigenvalue weighted by atomic mass is 35.5. The van der Waals surface area contributed by atoms with E-state index in [1.807, 2.05) is 11.8 Å². The number of halogens is 1. The molecule has 1 spiro atoms. The lowest BCUT2D eigenvalue weighted by Crippen LogP contribution is -2.33. The highest BCUT2D eigenvalue weighted by Gasteiger charge is 2.52. The second kappa shape index (κ2) is 13.1. The van der Waals surface area contributed by atoms with Crippen LogP contribution in [0.25, 0.3) is 55.3 Å². The normalized spacial score (nSPS) is 14.6. The molecule has 0 saturated heterocycles. The van der Waals surface area contributed by atoms with E-state index in [0.717, 1.165) is 65.6 Å². The lowest BCUT2D eigenvalue weighted by Gasteiger charge is -2.42. The number of fused-ring (bicyclic) bond motifs is 15. The molecule has 9 aromatic carbocycles. The van der Waals surface area contributed by atoms with Crippen LogP contribution in [0, 0.1) is 0 Å². The van der Waals surface area contributed by atoms with Crippen LogP contribution in [-0.2, 0) is 10.8 Å². The molecule has 62 heavy (non-hydrogen) atoms. The molecule has 4 heteroatoms. The molecular weight excluding hydrogens is 794 g/mol. The number of para-hydroxylation sites is 1. The second-order valence-electron chi connectivity index (χ2n) is 17.2. The number of hydrogen-bond acceptors (Lipinski definition) is 3. The molecule has 3 aliphatic rings. The second-order valence-corrected chi connectivity index (χ2v) is 18.7. The van der Waals surface area contributed by atoms with Crippen LogP contribution in [0.15, 0.2) is 208 Å². The van der Waals surface area contributed by atoms with E-state index in [9.17, 15) is 0 Å². The average Bonchev–Trinajstić information content (AvgIpc) is 3.91. The van der Waals surface area contributed by atoms with Crippen LogP contribution in [0.1, 0.15) is 47.2 Å². The molecule has 0 atom stereocenters. The third kappa shape index (κ3) is 4.73. The van der Waals surface area contributed by atoms with Crippen molar-refractivity contribution in [3.8, 4) is 33.4 Å². The predicted molar refractivity (Wildman–Crippen MR) is 258 cm³/mol. The number of rotatable bonds is 4. The van der Waals surface area contributed by atoms with Gasteiger partial charge in [0.25, 0.3) is 0 Å². The summed E-state index contributed by atoms with van der Waals surface area (Å²) in [6.07, 6.45) is 0. The maximum atomic E-state index is 7.48. The molecule has 0 N–H and O–H groups in total. The quantitative estimate of drug-likeness (QED) is 0.176. The fraction of sp³-hybridized carbons (Fsp3) is 0.0690. The Morgan fingerprint density at radius 2 is 1.11 bits per heavy atom. The topological polar surface area (TPSA) is 16.4 Å². The van der Waals surface area contributed by atoms with Crippen LogP contribution in [0.2, 0.25) is 5.02 Å². The van der Waals surface area contributed by atoms with Crippen LogP contribution >= 0.6 is 23.4 Å². The van der Waals surface area contributed by atoms with Crippen LogP contribution in [0.3, 0.4) is 0 Å². The Labute approximate surface area is 370 Å². The van der Waals surface area contributed by atoms with Gasteiger partial charge >= 0.3 is 0 Å². The Bertz CT molecular complexity index is 3460. The minimum Gasteiger partial charge on any atom is -0.455 e. The van der Waals surface area contributed by atoms with Crippen LogP contribution in [-0.4, -0.2) is 0 Å². The van der Waals surface area contributed by atoms with E-state index in [0.29, 0.717) is 0 Å². The van der Waals surface area contributed by atoms with Gasteiger partial charge in [-0.1, -0.05) is 189 Å². The van der Waals surface area contributed by atoms with Gasteiger partial charge in [-0.2, -0.15) is 0 Å². The molecule has 0 unspecified atom stereocenters. The molecular formula is C58H38ClNOS. The zero-order chi connectivity index (χ0) is 41.3. The molecule has 0 saturated carbocycles. The summed E-state index contributed by atoms with van der Waals surface area (Å²) in [5.41, 5.74) is 19.0. The van der Waals surface area contributed by atoms with Crippen molar-refractivity contribution < 1.29 is 4.42 Å². The van der Waals surface area contributed by atoms with Crippen LogP contribution in [0.5, 0.6) is 0 Å². The molecule has 0 radical (unpaired) electrons. The molecule has 1 aromatic heterocycles. The van der Waals surface area contributed by atoms with Crippen molar-refractivity contribution in [2.45, 2.75) is 34.5 Å². The van der Waals surface area contributed by atoms with Crippen molar-refractivity contribution in [3.63, 3.8) is 0 Å². The molecule has 2 heterocycles. The first-order valence-corrected chi connectivity index (χ1v) is 22.5. The van der Waals surface area contributed by atoms with Gasteiger partial charge in [0.05, 0.1) is 16.8 Å². The van der Waals surface area contributed by atoms with Crippen LogP contribution in [0.4, 0.5) is 17.1 Å². The first-order chi connectivity index (χ1) is 30.4. The summed E-state index contributed by atoms with van der Waals surface area (Å²) in [7, 11) is 0. The number of benzene rings is 9. The van der Waals surface area contributed by atoms with E-state index in [-0.39, 0.29) is 5.41 Å². The summed E-state index contributed by atoms with van der Waals surface area (Å²) in [6.45, 7) is 4.73. The first kappa shape index (κ1) is 35.9. The predicted octanol–water partition coefficient (Wildman–Crippen LogP) is 16.5. The number of anilines is 3. The maximum absolute atomic E-state index is 7.48. The minimum atomic E-state index is -0.643. The maximum Gasteiger partial charge on any atom is 0.143 e. The number of nitrogens with zero attached hydrogens (tertiary/aromatic N) is 1. The molecule has 0 fully saturated rings. The zero-order valence-electron chi connectivity index (χ0n) is 34.1. The van der Waals surface area contributed by atoms with Crippen molar-refractivity contribution in [1.82, 2.24) is 0 Å². The Kier molecular flexibility index (Phi) is 7.60. The van der Waals surface area contributed by atoms with Crippen molar-refractivity contribution in [1.29, 1.82) is 0 Å². The molecule has 2 aliphatic carbocycles. The van der Waals surface area contributed by atoms with Crippen molar-refractivity contribution in [2.24, 2.45) is 0 Å². The Balaban J connectivity index is 1.18. The summed E-state index contributed by atoms with van der Waals surface area (Å²) in [5, 5.41) is 2.95. The van der Waals surface area contributed by atoms with E-state index < -0.39 is 5.41 Å². The minimum absolute atomic E-state index is 0.185. The standard InChI is InChI=1S/C58H38ClNOS/c1-57(2)43-23-10-8-22-40(43)53-46(57)26-14-29-49(53)60(36-33-41(35-17-4-3-5-18-35)55-42(34-36)39-21-9-13-31-51(39)61-55)50-30-15-27-47-56(50)62-52-32-16-28-48(59)54(52)58(47)44-24-11-6-19-37(44)38-20-7-12-25-45(38)58/h3-34H,1-2H3. The van der Waals surface area contributed by atoms with Crippen molar-refractivity contribution in [3.05, 3.63) is 233 Å². The average molecular weight is 832 g/mol. The lowest BCUT2D eigenvalue weighted by molar-refractivity contribution is 0.660. The van der Waals surface area contributed by atoms with Gasteiger partial charge in [0.2, 0.25) is 0 Å². The van der Waals surface area contributed by atoms with Gasteiger partial charge in [0, 0.05) is 53.4 Å². The summed E-state index contributed by atoms with van der Waals surface area (Å²) >= 11 is 9.31. The fourth-order valence-electron chi connectivity index (χ4n) is 11.2. The van der Waals surface area contributed by atoms with E-state index in [4.69, 9.17) is 16.0 Å². The van der Waals surface area contributed by atoms with Gasteiger partial charge in [-0.3, -0.25) is 0 Å². The summed E-state index contributed by atoms with van der Waals surface area (Å²) in [6, 6.07) is 70.9. The van der Waals surface area contributed by atoms with Gasteiger partial charge in [0.1, 0.15) is 11.2 Å². The Morgan fingerprint density at radius 1 is 0.500 bits per heavy atom. The zero-order valence-corrected chi connectivity index (χ0v) is 35.7. The molecule has 0 amide bonds. The molecule has 294 valence electrons. The smallest absolute Gasteiger partial charge is 0.143 e. The van der Waals surface area contributed by atoms with Gasteiger partial charge < -0.3 is 9.32 Å². The highest BCUT2D eigenvalue weighted by molar-refractivity contribution is 7.99. The molecule has 10 aromatic rings. The molecule has 13 rings (SSSR count).